The van der Waals surface area contributed by atoms with Crippen molar-refractivity contribution in [3.63, 3.8) is 0 Å². The largest absolute Gasteiger partial charge is 0.487 e. The van der Waals surface area contributed by atoms with Gasteiger partial charge >= 0.3 is 0 Å². The first kappa shape index (κ1) is 36.0. The first-order valence-electron chi connectivity index (χ1n) is 18.0. The van der Waals surface area contributed by atoms with Crippen molar-refractivity contribution in [2.45, 2.75) is 89.2 Å². The van der Waals surface area contributed by atoms with Gasteiger partial charge in [-0.1, -0.05) is 121 Å². The van der Waals surface area contributed by atoms with E-state index >= 15 is 0 Å². The highest BCUT2D eigenvalue weighted by Crippen LogP contribution is 2.33. The minimum absolute atomic E-state index is 0.103. The Balaban J connectivity index is 1.25. The normalized spacial score (nSPS) is 23.0. The first-order valence-corrected chi connectivity index (χ1v) is 18.0. The summed E-state index contributed by atoms with van der Waals surface area (Å²) in [5.74, 6) is 0.737. The van der Waals surface area contributed by atoms with Crippen molar-refractivity contribution in [3.05, 3.63) is 155 Å². The Bertz CT molecular complexity index is 1510. The van der Waals surface area contributed by atoms with Gasteiger partial charge < -0.3 is 33.2 Å². The summed E-state index contributed by atoms with van der Waals surface area (Å²) in [4.78, 5) is 0. The van der Waals surface area contributed by atoms with E-state index in [4.69, 9.17) is 33.2 Å². The van der Waals surface area contributed by atoms with Crippen LogP contribution in [0.3, 0.4) is 0 Å². The van der Waals surface area contributed by atoms with Crippen molar-refractivity contribution in [2.24, 2.45) is 0 Å². The van der Waals surface area contributed by atoms with E-state index in [-0.39, 0.29) is 6.29 Å². The van der Waals surface area contributed by atoms with Gasteiger partial charge in [0.05, 0.1) is 39.6 Å². The van der Waals surface area contributed by atoms with Crippen LogP contribution in [-0.4, -0.2) is 50.5 Å². The van der Waals surface area contributed by atoms with Gasteiger partial charge in [0.2, 0.25) is 0 Å². The molecule has 0 amide bonds. The highest BCUT2D eigenvalue weighted by molar-refractivity contribution is 5.18. The minimum atomic E-state index is -0.507. The number of rotatable bonds is 18. The maximum atomic E-state index is 6.85. The fourth-order valence-corrected chi connectivity index (χ4v) is 6.25. The second kappa shape index (κ2) is 20.1. The Hall–Kier alpha value is -3.82. The lowest BCUT2D eigenvalue weighted by atomic mass is 9.96. The Kier molecular flexibility index (Phi) is 14.5. The molecule has 2 heterocycles. The Morgan fingerprint density at radius 1 is 0.580 bits per heavy atom. The highest BCUT2D eigenvalue weighted by atomic mass is 16.7. The van der Waals surface area contributed by atoms with Crippen molar-refractivity contribution in [1.82, 2.24) is 0 Å². The van der Waals surface area contributed by atoms with E-state index in [0.717, 1.165) is 66.7 Å². The molecule has 1 unspecified atom stereocenters. The lowest BCUT2D eigenvalue weighted by molar-refractivity contribution is -0.223. The molecule has 0 aliphatic carbocycles. The molecule has 0 bridgehead atoms. The summed E-state index contributed by atoms with van der Waals surface area (Å²) in [6, 6.07) is 40.8. The quantitative estimate of drug-likeness (QED) is 0.0978. The number of hydrogen-bond acceptors (Lipinski definition) is 7. The maximum Gasteiger partial charge on any atom is 0.157 e. The number of allylic oxidation sites excluding steroid dienone is 1. The fourth-order valence-electron chi connectivity index (χ4n) is 6.25. The fraction of sp³-hybridized carbons (Fsp3) is 0.395. The number of benzene rings is 4. The lowest BCUT2D eigenvalue weighted by Crippen LogP contribution is -2.56. The molecule has 0 aromatic heterocycles. The molecule has 7 nitrogen and oxygen atoms in total. The Morgan fingerprint density at radius 2 is 1.12 bits per heavy atom. The van der Waals surface area contributed by atoms with E-state index in [0.29, 0.717) is 39.6 Å². The van der Waals surface area contributed by atoms with Crippen LogP contribution >= 0.6 is 0 Å². The molecule has 4 aromatic carbocycles. The molecule has 264 valence electrons. The van der Waals surface area contributed by atoms with Crippen molar-refractivity contribution in [3.8, 4) is 0 Å². The average molecular weight is 679 g/mol. The summed E-state index contributed by atoms with van der Waals surface area (Å²) >= 11 is 0. The molecule has 4 aromatic rings. The third-order valence-corrected chi connectivity index (χ3v) is 8.93. The summed E-state index contributed by atoms with van der Waals surface area (Å²) < 4.78 is 45.3. The molecule has 0 spiro atoms. The van der Waals surface area contributed by atoms with Crippen molar-refractivity contribution < 1.29 is 33.2 Å². The highest BCUT2D eigenvalue weighted by Gasteiger charge is 2.46. The molecule has 6 rings (SSSR count). The molecule has 2 aliphatic heterocycles. The predicted octanol–water partition coefficient (Wildman–Crippen LogP) is 8.57. The monoisotopic (exact) mass is 678 g/mol. The van der Waals surface area contributed by atoms with Gasteiger partial charge in [0.1, 0.15) is 24.1 Å². The summed E-state index contributed by atoms with van der Waals surface area (Å²) in [5, 5.41) is 0. The van der Waals surface area contributed by atoms with Crippen molar-refractivity contribution >= 4 is 0 Å². The molecular weight excluding hydrogens is 628 g/mol. The van der Waals surface area contributed by atoms with Gasteiger partial charge in [-0.2, -0.15) is 0 Å². The Labute approximate surface area is 297 Å². The molecule has 50 heavy (non-hydrogen) atoms. The van der Waals surface area contributed by atoms with Gasteiger partial charge in [-0.15, -0.1) is 0 Å². The van der Waals surface area contributed by atoms with E-state index in [1.165, 1.54) is 0 Å². The molecule has 0 radical (unpaired) electrons. The van der Waals surface area contributed by atoms with Gasteiger partial charge in [0.15, 0.2) is 12.4 Å². The van der Waals surface area contributed by atoms with Crippen LogP contribution in [0.2, 0.25) is 0 Å². The standard InChI is InChI=1S/C43H50O7/c1-5-17-34(18-6-1)29-44-33-39-42(48-31-36-21-9-3-10-22-36)43(49-32-37-23-11-4-12-24-37)41(47-30-35-19-7-2-8-20-35)38(50-39)25-13-15-27-45-40-26-14-16-28-46-40/h1-12,17-25,39-43H,13-16,26-33H2/b38-25+/t39-,40?,41+,42-,43-/m1/s1. The molecule has 0 N–H and O–H groups in total. The van der Waals surface area contributed by atoms with Crippen LogP contribution in [0.5, 0.6) is 0 Å². The molecule has 2 fully saturated rings. The molecule has 0 saturated carbocycles. The molecule has 5 atom stereocenters. The number of unbranched alkanes of at least 4 members (excludes halogenated alkanes) is 1. The molecular formula is C43H50O7. The van der Waals surface area contributed by atoms with Gasteiger partial charge in [0, 0.05) is 6.61 Å². The van der Waals surface area contributed by atoms with Crippen molar-refractivity contribution in [2.75, 3.05) is 19.8 Å². The van der Waals surface area contributed by atoms with Crippen LogP contribution in [0.25, 0.3) is 0 Å². The maximum absolute atomic E-state index is 6.85. The van der Waals surface area contributed by atoms with Gasteiger partial charge in [0.25, 0.3) is 0 Å². The summed E-state index contributed by atoms with van der Waals surface area (Å²) in [5.41, 5.74) is 4.32. The van der Waals surface area contributed by atoms with Crippen LogP contribution in [0.1, 0.15) is 54.4 Å². The zero-order valence-electron chi connectivity index (χ0n) is 28.9. The van der Waals surface area contributed by atoms with Crippen LogP contribution < -0.4 is 0 Å². The van der Waals surface area contributed by atoms with E-state index in [9.17, 15) is 0 Å². The third-order valence-electron chi connectivity index (χ3n) is 8.93. The third kappa shape index (κ3) is 11.4. The van der Waals surface area contributed by atoms with E-state index < -0.39 is 24.4 Å². The summed E-state index contributed by atoms with van der Waals surface area (Å²) in [6.07, 6.45) is 4.94. The zero-order valence-corrected chi connectivity index (χ0v) is 28.9. The second-order valence-corrected chi connectivity index (χ2v) is 12.8. The smallest absolute Gasteiger partial charge is 0.157 e. The summed E-state index contributed by atoms with van der Waals surface area (Å²) in [6.45, 7) is 3.39. The molecule has 7 heteroatoms. The van der Waals surface area contributed by atoms with E-state index in [1.807, 2.05) is 72.8 Å². The van der Waals surface area contributed by atoms with Gasteiger partial charge in [-0.3, -0.25) is 0 Å². The van der Waals surface area contributed by atoms with Crippen LogP contribution in [0, 0.1) is 0 Å². The number of hydrogen-bond donors (Lipinski definition) is 0. The molecule has 2 aliphatic rings. The van der Waals surface area contributed by atoms with Crippen LogP contribution in [0.15, 0.2) is 133 Å². The lowest BCUT2D eigenvalue weighted by Gasteiger charge is -2.43. The van der Waals surface area contributed by atoms with Gasteiger partial charge in [-0.05, 0) is 60.4 Å². The SMILES string of the molecule is C(/CCCOC1CCCCO1)=C1\O[C@H](COCc2ccccc2)[C@@H](OCc2ccccc2)[C@H](OCc2ccccc2)[C@H]1OCc1ccccc1. The van der Waals surface area contributed by atoms with Gasteiger partial charge in [-0.25, -0.2) is 0 Å². The topological polar surface area (TPSA) is 64.6 Å². The Morgan fingerprint density at radius 3 is 1.68 bits per heavy atom. The minimum Gasteiger partial charge on any atom is -0.487 e. The van der Waals surface area contributed by atoms with Crippen LogP contribution in [0.4, 0.5) is 0 Å². The van der Waals surface area contributed by atoms with E-state index in [1.54, 1.807) is 0 Å². The summed E-state index contributed by atoms with van der Waals surface area (Å²) in [7, 11) is 0. The zero-order chi connectivity index (χ0) is 34.1. The predicted molar refractivity (Wildman–Crippen MR) is 193 cm³/mol. The van der Waals surface area contributed by atoms with Crippen LogP contribution in [-0.2, 0) is 59.6 Å². The van der Waals surface area contributed by atoms with Crippen molar-refractivity contribution in [1.29, 1.82) is 0 Å². The number of ether oxygens (including phenoxy) is 7. The first-order chi connectivity index (χ1) is 24.8. The average Bonchev–Trinajstić information content (AvgIpc) is 3.18. The molecule has 2 saturated heterocycles. The second-order valence-electron chi connectivity index (χ2n) is 12.8. The van der Waals surface area contributed by atoms with E-state index in [2.05, 4.69) is 54.6 Å².